The SMILES string of the molecule is CNC(C)CNC(=O)CN1CCCCC1=O.Cl. The van der Waals surface area contributed by atoms with Crippen molar-refractivity contribution < 1.29 is 9.59 Å². The fourth-order valence-electron chi connectivity index (χ4n) is 1.63. The molecule has 2 amide bonds. The summed E-state index contributed by atoms with van der Waals surface area (Å²) in [5.74, 6) is 0.0282. The number of rotatable bonds is 5. The summed E-state index contributed by atoms with van der Waals surface area (Å²) in [4.78, 5) is 24.6. The van der Waals surface area contributed by atoms with Crippen LogP contribution in [0.25, 0.3) is 0 Å². The molecule has 0 saturated carbocycles. The van der Waals surface area contributed by atoms with Gasteiger partial charge in [0, 0.05) is 25.6 Å². The first-order valence-corrected chi connectivity index (χ1v) is 5.85. The number of nitrogens with zero attached hydrogens (tertiary/aromatic N) is 1. The van der Waals surface area contributed by atoms with E-state index in [-0.39, 0.29) is 36.8 Å². The van der Waals surface area contributed by atoms with Crippen LogP contribution in [0.1, 0.15) is 26.2 Å². The van der Waals surface area contributed by atoms with Crippen molar-refractivity contribution in [2.45, 2.75) is 32.2 Å². The van der Waals surface area contributed by atoms with Gasteiger partial charge >= 0.3 is 0 Å². The predicted octanol–water partition coefficient (Wildman–Crippen LogP) is 0.145. The Hall–Kier alpha value is -0.810. The maximum Gasteiger partial charge on any atom is 0.239 e. The second-order valence-electron chi connectivity index (χ2n) is 4.27. The normalized spacial score (nSPS) is 17.3. The van der Waals surface area contributed by atoms with Crippen LogP contribution in [0, 0.1) is 0 Å². The van der Waals surface area contributed by atoms with Crippen molar-refractivity contribution in [2.24, 2.45) is 0 Å². The van der Waals surface area contributed by atoms with E-state index in [2.05, 4.69) is 10.6 Å². The molecule has 2 N–H and O–H groups in total. The minimum atomic E-state index is -0.0719. The van der Waals surface area contributed by atoms with Crippen LogP contribution in [-0.2, 0) is 9.59 Å². The molecule has 1 rings (SSSR count). The summed E-state index contributed by atoms with van der Waals surface area (Å²) in [6.07, 6.45) is 2.54. The number of hydrogen-bond donors (Lipinski definition) is 2. The van der Waals surface area contributed by atoms with Crippen molar-refractivity contribution in [3.05, 3.63) is 0 Å². The quantitative estimate of drug-likeness (QED) is 0.742. The highest BCUT2D eigenvalue weighted by Gasteiger charge is 2.20. The van der Waals surface area contributed by atoms with E-state index in [0.29, 0.717) is 19.5 Å². The molecule has 0 aliphatic carbocycles. The summed E-state index contributed by atoms with van der Waals surface area (Å²) in [5, 5.41) is 5.84. The molecule has 5 nitrogen and oxygen atoms in total. The molecule has 0 bridgehead atoms. The van der Waals surface area contributed by atoms with Gasteiger partial charge in [0.15, 0.2) is 0 Å². The molecule has 0 aromatic carbocycles. The van der Waals surface area contributed by atoms with E-state index in [1.165, 1.54) is 0 Å². The van der Waals surface area contributed by atoms with Crippen molar-refractivity contribution in [1.29, 1.82) is 0 Å². The average molecular weight is 264 g/mol. The van der Waals surface area contributed by atoms with E-state index in [1.54, 1.807) is 4.90 Å². The molecule has 17 heavy (non-hydrogen) atoms. The minimum Gasteiger partial charge on any atom is -0.353 e. The molecule has 1 unspecified atom stereocenters. The maximum atomic E-state index is 11.5. The highest BCUT2D eigenvalue weighted by Crippen LogP contribution is 2.09. The molecule has 1 atom stereocenters. The van der Waals surface area contributed by atoms with Gasteiger partial charge in [0.1, 0.15) is 0 Å². The molecule has 1 aliphatic heterocycles. The lowest BCUT2D eigenvalue weighted by Crippen LogP contribution is -2.45. The van der Waals surface area contributed by atoms with Crippen molar-refractivity contribution in [3.63, 3.8) is 0 Å². The van der Waals surface area contributed by atoms with Crippen LogP contribution in [0.15, 0.2) is 0 Å². The number of hydrogen-bond acceptors (Lipinski definition) is 3. The Labute approximate surface area is 109 Å². The number of piperidine rings is 1. The fraction of sp³-hybridized carbons (Fsp3) is 0.818. The molecule has 0 spiro atoms. The van der Waals surface area contributed by atoms with E-state index >= 15 is 0 Å². The molecular weight excluding hydrogens is 242 g/mol. The molecule has 0 aromatic heterocycles. The molecule has 0 radical (unpaired) electrons. The number of likely N-dealkylation sites (N-methyl/N-ethyl adjacent to an activating group) is 1. The largest absolute Gasteiger partial charge is 0.353 e. The summed E-state index contributed by atoms with van der Waals surface area (Å²) >= 11 is 0. The van der Waals surface area contributed by atoms with Crippen LogP contribution in [0.5, 0.6) is 0 Å². The topological polar surface area (TPSA) is 61.4 Å². The van der Waals surface area contributed by atoms with E-state index in [0.717, 1.165) is 12.8 Å². The highest BCUT2D eigenvalue weighted by atomic mass is 35.5. The van der Waals surface area contributed by atoms with E-state index in [4.69, 9.17) is 0 Å². The summed E-state index contributed by atoms with van der Waals surface area (Å²) in [5.41, 5.74) is 0. The predicted molar refractivity (Wildman–Crippen MR) is 69.2 cm³/mol. The molecule has 0 aromatic rings. The van der Waals surface area contributed by atoms with Crippen LogP contribution in [-0.4, -0.2) is 49.4 Å². The molecule has 1 heterocycles. The Bertz CT molecular complexity index is 261. The van der Waals surface area contributed by atoms with Gasteiger partial charge in [-0.15, -0.1) is 12.4 Å². The Balaban J connectivity index is 0.00000256. The Morgan fingerprint density at radius 2 is 2.18 bits per heavy atom. The minimum absolute atomic E-state index is 0. The molecule has 1 saturated heterocycles. The number of halogens is 1. The average Bonchev–Trinajstić information content (AvgIpc) is 2.29. The fourth-order valence-corrected chi connectivity index (χ4v) is 1.63. The zero-order chi connectivity index (χ0) is 12.0. The zero-order valence-electron chi connectivity index (χ0n) is 10.5. The van der Waals surface area contributed by atoms with Crippen LogP contribution >= 0.6 is 12.4 Å². The first kappa shape index (κ1) is 16.2. The van der Waals surface area contributed by atoms with Gasteiger partial charge in [-0.3, -0.25) is 9.59 Å². The summed E-state index contributed by atoms with van der Waals surface area (Å²) in [6.45, 7) is 3.51. The van der Waals surface area contributed by atoms with Crippen molar-refractivity contribution in [3.8, 4) is 0 Å². The second kappa shape index (κ2) is 8.31. The lowest BCUT2D eigenvalue weighted by molar-refractivity contribution is -0.137. The van der Waals surface area contributed by atoms with Gasteiger partial charge < -0.3 is 15.5 Å². The monoisotopic (exact) mass is 263 g/mol. The van der Waals surface area contributed by atoms with Crippen LogP contribution in [0.2, 0.25) is 0 Å². The summed E-state index contributed by atoms with van der Waals surface area (Å²) in [7, 11) is 1.85. The van der Waals surface area contributed by atoms with Crippen molar-refractivity contribution in [1.82, 2.24) is 15.5 Å². The number of carbonyl (C=O) groups is 2. The number of nitrogens with one attached hydrogen (secondary N) is 2. The Morgan fingerprint density at radius 3 is 2.76 bits per heavy atom. The smallest absolute Gasteiger partial charge is 0.239 e. The van der Waals surface area contributed by atoms with Gasteiger partial charge in [0.2, 0.25) is 11.8 Å². The van der Waals surface area contributed by atoms with Gasteiger partial charge in [0.25, 0.3) is 0 Å². The van der Waals surface area contributed by atoms with Crippen molar-refractivity contribution >= 4 is 24.2 Å². The van der Waals surface area contributed by atoms with Crippen LogP contribution in [0.4, 0.5) is 0 Å². The Kier molecular flexibility index (Phi) is 7.91. The second-order valence-corrected chi connectivity index (χ2v) is 4.27. The van der Waals surface area contributed by atoms with Gasteiger partial charge in [0.05, 0.1) is 6.54 Å². The third-order valence-corrected chi connectivity index (χ3v) is 2.85. The number of likely N-dealkylation sites (tertiary alicyclic amines) is 1. The number of amides is 2. The maximum absolute atomic E-state index is 11.5. The summed E-state index contributed by atoms with van der Waals surface area (Å²) in [6, 6.07) is 0.251. The molecule has 1 aliphatic rings. The third kappa shape index (κ3) is 5.89. The Morgan fingerprint density at radius 1 is 1.47 bits per heavy atom. The van der Waals surface area contributed by atoms with E-state index in [1.807, 2.05) is 14.0 Å². The van der Waals surface area contributed by atoms with E-state index in [9.17, 15) is 9.59 Å². The first-order chi connectivity index (χ1) is 7.63. The zero-order valence-corrected chi connectivity index (χ0v) is 11.3. The number of carbonyl (C=O) groups excluding carboxylic acids is 2. The van der Waals surface area contributed by atoms with Gasteiger partial charge in [-0.05, 0) is 26.8 Å². The van der Waals surface area contributed by atoms with Gasteiger partial charge in [-0.1, -0.05) is 0 Å². The third-order valence-electron chi connectivity index (χ3n) is 2.85. The standard InChI is InChI=1S/C11H21N3O2.ClH/c1-9(12-2)7-13-10(15)8-14-6-4-3-5-11(14)16;/h9,12H,3-8H2,1-2H3,(H,13,15);1H. The van der Waals surface area contributed by atoms with Gasteiger partial charge in [-0.2, -0.15) is 0 Å². The summed E-state index contributed by atoms with van der Waals surface area (Å²) < 4.78 is 0. The van der Waals surface area contributed by atoms with E-state index < -0.39 is 0 Å². The molecule has 6 heteroatoms. The molecule has 1 fully saturated rings. The van der Waals surface area contributed by atoms with Crippen LogP contribution < -0.4 is 10.6 Å². The highest BCUT2D eigenvalue weighted by molar-refractivity contribution is 5.85. The van der Waals surface area contributed by atoms with Crippen LogP contribution in [0.3, 0.4) is 0 Å². The molecular formula is C11H22ClN3O2. The molecule has 100 valence electrons. The lowest BCUT2D eigenvalue weighted by Gasteiger charge is -2.26. The van der Waals surface area contributed by atoms with Crippen molar-refractivity contribution in [2.75, 3.05) is 26.7 Å². The first-order valence-electron chi connectivity index (χ1n) is 5.85. The lowest BCUT2D eigenvalue weighted by atomic mass is 10.1. The van der Waals surface area contributed by atoms with Gasteiger partial charge in [-0.25, -0.2) is 0 Å².